The van der Waals surface area contributed by atoms with Gasteiger partial charge in [-0.05, 0) is 24.5 Å². The highest BCUT2D eigenvalue weighted by molar-refractivity contribution is 6.01. The van der Waals surface area contributed by atoms with E-state index in [1.54, 1.807) is 12.1 Å². The first-order valence-electron chi connectivity index (χ1n) is 5.46. The normalized spacial score (nSPS) is 10.0. The van der Waals surface area contributed by atoms with E-state index in [4.69, 9.17) is 5.84 Å². The highest BCUT2D eigenvalue weighted by atomic mass is 16.3. The minimum atomic E-state index is -0.712. The van der Waals surface area contributed by atoms with Crippen LogP contribution < -0.4 is 5.84 Å². The number of phenols is 1. The van der Waals surface area contributed by atoms with Crippen molar-refractivity contribution in [3.8, 4) is 5.75 Å². The number of rotatable bonds is 5. The number of aromatic hydroxyl groups is 1. The van der Waals surface area contributed by atoms with Crippen molar-refractivity contribution >= 4 is 12.3 Å². The summed E-state index contributed by atoms with van der Waals surface area (Å²) in [5.41, 5.74) is 0.741. The van der Waals surface area contributed by atoms with E-state index in [1.807, 2.05) is 6.92 Å². The van der Waals surface area contributed by atoms with Crippen molar-refractivity contribution in [1.82, 2.24) is 5.01 Å². The first-order valence-corrected chi connectivity index (χ1v) is 5.46. The summed E-state index contributed by atoms with van der Waals surface area (Å²) in [7, 11) is 0. The van der Waals surface area contributed by atoms with Crippen molar-refractivity contribution in [2.45, 2.75) is 26.2 Å². The number of para-hydroxylation sites is 1. The van der Waals surface area contributed by atoms with Gasteiger partial charge in [0.25, 0.3) is 5.91 Å². The van der Waals surface area contributed by atoms with Gasteiger partial charge in [-0.3, -0.25) is 9.59 Å². The van der Waals surface area contributed by atoms with Crippen LogP contribution in [-0.4, -0.2) is 22.4 Å². The monoisotopic (exact) mass is 236 g/mol. The zero-order chi connectivity index (χ0) is 12.8. The second kappa shape index (κ2) is 6.00. The van der Waals surface area contributed by atoms with Gasteiger partial charge in [-0.25, -0.2) is 10.9 Å². The summed E-state index contributed by atoms with van der Waals surface area (Å²) in [5, 5.41) is 10.3. The first kappa shape index (κ1) is 13.2. The molecule has 0 fully saturated rings. The molecule has 5 heteroatoms. The predicted molar refractivity (Wildman–Crippen MR) is 63.1 cm³/mol. The van der Waals surface area contributed by atoms with Gasteiger partial charge >= 0.3 is 0 Å². The van der Waals surface area contributed by atoms with Crippen molar-refractivity contribution in [2.24, 2.45) is 5.84 Å². The van der Waals surface area contributed by atoms with Gasteiger partial charge in [0.1, 0.15) is 5.75 Å². The molecule has 0 radical (unpaired) electrons. The molecule has 0 aromatic heterocycles. The molecule has 1 rings (SSSR count). The average Bonchev–Trinajstić information content (AvgIpc) is 2.35. The molecule has 0 heterocycles. The van der Waals surface area contributed by atoms with E-state index < -0.39 is 5.91 Å². The molecule has 0 atom stereocenters. The molecule has 0 aliphatic carbocycles. The second-order valence-corrected chi connectivity index (χ2v) is 3.73. The van der Waals surface area contributed by atoms with Gasteiger partial charge in [0.15, 0.2) is 0 Å². The molecular formula is C12H16N2O3. The molecule has 0 aliphatic rings. The molecule has 0 spiro atoms. The largest absolute Gasteiger partial charge is 0.507 e. The Morgan fingerprint density at radius 2 is 2.24 bits per heavy atom. The second-order valence-electron chi connectivity index (χ2n) is 3.73. The van der Waals surface area contributed by atoms with Gasteiger partial charge in [-0.2, -0.15) is 0 Å². The maximum Gasteiger partial charge on any atom is 0.278 e. The Bertz CT molecular complexity index is 418. The fourth-order valence-electron chi connectivity index (χ4n) is 1.52. The quantitative estimate of drug-likeness (QED) is 0.348. The number of aryl methyl sites for hydroxylation is 1. The smallest absolute Gasteiger partial charge is 0.278 e. The number of unbranched alkanes of at least 4 members (excludes halogenated alkanes) is 1. The van der Waals surface area contributed by atoms with Gasteiger partial charge in [0.05, 0.1) is 5.56 Å². The molecule has 0 unspecified atom stereocenters. The SMILES string of the molecule is CCCCc1cccc(C(=O)N(N)C=O)c1O. The standard InChI is InChI=1S/C12H16N2O3/c1-2-3-5-9-6-4-7-10(11(9)16)12(17)14(13)8-15/h4,6-8,16H,2-3,5,13H2,1H3. The highest BCUT2D eigenvalue weighted by Crippen LogP contribution is 2.24. The Balaban J connectivity index is 3.01. The zero-order valence-corrected chi connectivity index (χ0v) is 9.72. The van der Waals surface area contributed by atoms with Crippen molar-refractivity contribution in [1.29, 1.82) is 0 Å². The minimum Gasteiger partial charge on any atom is -0.507 e. The maximum atomic E-state index is 11.6. The zero-order valence-electron chi connectivity index (χ0n) is 9.72. The number of phenolic OH excluding ortho intramolecular Hbond substituents is 1. The lowest BCUT2D eigenvalue weighted by Crippen LogP contribution is -2.36. The Labute approximate surface area is 99.8 Å². The number of amides is 2. The summed E-state index contributed by atoms with van der Waals surface area (Å²) < 4.78 is 0. The molecule has 0 saturated carbocycles. The number of nitrogens with two attached hydrogens (primary N) is 1. The Hall–Kier alpha value is -1.88. The molecule has 1 aromatic carbocycles. The predicted octanol–water partition coefficient (Wildman–Crippen LogP) is 1.21. The van der Waals surface area contributed by atoms with Gasteiger partial charge in [-0.15, -0.1) is 0 Å². The number of hydrogen-bond acceptors (Lipinski definition) is 4. The number of nitrogens with zero attached hydrogens (tertiary/aromatic N) is 1. The Kier molecular flexibility index (Phi) is 4.66. The van der Waals surface area contributed by atoms with Crippen molar-refractivity contribution < 1.29 is 14.7 Å². The molecule has 5 nitrogen and oxygen atoms in total. The number of hydrogen-bond donors (Lipinski definition) is 2. The van der Waals surface area contributed by atoms with E-state index in [2.05, 4.69) is 0 Å². The lowest BCUT2D eigenvalue weighted by atomic mass is 10.0. The van der Waals surface area contributed by atoms with Crippen LogP contribution in [0.2, 0.25) is 0 Å². The van der Waals surface area contributed by atoms with Crippen molar-refractivity contribution in [3.63, 3.8) is 0 Å². The van der Waals surface area contributed by atoms with Crippen LogP contribution in [0.3, 0.4) is 0 Å². The van der Waals surface area contributed by atoms with Crippen LogP contribution in [-0.2, 0) is 11.2 Å². The van der Waals surface area contributed by atoms with E-state index >= 15 is 0 Å². The molecule has 1 aromatic rings. The third-order valence-electron chi connectivity index (χ3n) is 2.50. The molecule has 17 heavy (non-hydrogen) atoms. The van der Waals surface area contributed by atoms with Crippen molar-refractivity contribution in [2.75, 3.05) is 0 Å². The fourth-order valence-corrected chi connectivity index (χ4v) is 1.52. The Morgan fingerprint density at radius 3 is 2.82 bits per heavy atom. The van der Waals surface area contributed by atoms with Crippen LogP contribution in [0, 0.1) is 0 Å². The summed E-state index contributed by atoms with van der Waals surface area (Å²) in [4.78, 5) is 22.0. The number of carbonyl (C=O) groups excluding carboxylic acids is 2. The number of carbonyl (C=O) groups is 2. The van der Waals surface area contributed by atoms with E-state index in [1.165, 1.54) is 6.07 Å². The number of imide groups is 1. The molecule has 0 aliphatic heterocycles. The summed E-state index contributed by atoms with van der Waals surface area (Å²) in [6, 6.07) is 4.86. The van der Waals surface area contributed by atoms with Crippen LogP contribution in [0.25, 0.3) is 0 Å². The number of benzene rings is 1. The fraction of sp³-hybridized carbons (Fsp3) is 0.333. The van der Waals surface area contributed by atoms with Crippen LogP contribution in [0.5, 0.6) is 5.75 Å². The third kappa shape index (κ3) is 3.04. The summed E-state index contributed by atoms with van der Waals surface area (Å²) in [6.07, 6.45) is 2.82. The van der Waals surface area contributed by atoms with Gasteiger partial charge < -0.3 is 5.11 Å². The molecule has 3 N–H and O–H groups in total. The summed E-state index contributed by atoms with van der Waals surface area (Å²) in [5.74, 6) is 4.37. The van der Waals surface area contributed by atoms with Crippen LogP contribution in [0.4, 0.5) is 0 Å². The lowest BCUT2D eigenvalue weighted by Gasteiger charge is -2.12. The first-order chi connectivity index (χ1) is 8.11. The van der Waals surface area contributed by atoms with Crippen LogP contribution >= 0.6 is 0 Å². The molecule has 0 bridgehead atoms. The van der Waals surface area contributed by atoms with Gasteiger partial charge in [0.2, 0.25) is 6.41 Å². The molecule has 92 valence electrons. The summed E-state index contributed by atoms with van der Waals surface area (Å²) >= 11 is 0. The van der Waals surface area contributed by atoms with E-state index in [-0.39, 0.29) is 17.7 Å². The Morgan fingerprint density at radius 1 is 1.53 bits per heavy atom. The van der Waals surface area contributed by atoms with Gasteiger partial charge in [0, 0.05) is 0 Å². The van der Waals surface area contributed by atoms with E-state index in [0.29, 0.717) is 17.0 Å². The molecular weight excluding hydrogens is 220 g/mol. The van der Waals surface area contributed by atoms with Crippen molar-refractivity contribution in [3.05, 3.63) is 29.3 Å². The summed E-state index contributed by atoms with van der Waals surface area (Å²) in [6.45, 7) is 2.04. The maximum absolute atomic E-state index is 11.6. The van der Waals surface area contributed by atoms with Gasteiger partial charge in [-0.1, -0.05) is 25.5 Å². The minimum absolute atomic E-state index is 0.0493. The average molecular weight is 236 g/mol. The lowest BCUT2D eigenvalue weighted by molar-refractivity contribution is -0.116. The van der Waals surface area contributed by atoms with E-state index in [0.717, 1.165) is 12.8 Å². The molecule has 0 saturated heterocycles. The molecule has 2 amide bonds. The van der Waals surface area contributed by atoms with E-state index in [9.17, 15) is 14.7 Å². The topological polar surface area (TPSA) is 83.6 Å². The highest BCUT2D eigenvalue weighted by Gasteiger charge is 2.17. The third-order valence-corrected chi connectivity index (χ3v) is 2.50. The van der Waals surface area contributed by atoms with Crippen LogP contribution in [0.1, 0.15) is 35.7 Å². The van der Waals surface area contributed by atoms with Crippen LogP contribution in [0.15, 0.2) is 18.2 Å². The number of hydrazine groups is 1.